The minimum absolute atomic E-state index is 0.0313. The van der Waals surface area contributed by atoms with Gasteiger partial charge in [0.2, 0.25) is 6.23 Å². The summed E-state index contributed by atoms with van der Waals surface area (Å²) in [6, 6.07) is 16.6. The molecule has 2 aromatic carbocycles. The van der Waals surface area contributed by atoms with Crippen molar-refractivity contribution in [1.82, 2.24) is 5.01 Å². The summed E-state index contributed by atoms with van der Waals surface area (Å²) in [4.78, 5) is 1.08. The van der Waals surface area contributed by atoms with Gasteiger partial charge in [-0.15, -0.1) is 11.3 Å². The van der Waals surface area contributed by atoms with Gasteiger partial charge in [0.25, 0.3) is 0 Å². The van der Waals surface area contributed by atoms with E-state index in [1.54, 1.807) is 17.4 Å². The van der Waals surface area contributed by atoms with Crippen LogP contribution in [0.4, 0.5) is 0 Å². The van der Waals surface area contributed by atoms with Crippen LogP contribution >= 0.6 is 11.3 Å². The number of rotatable bonds is 2. The summed E-state index contributed by atoms with van der Waals surface area (Å²) in [5.41, 5.74) is 2.38. The van der Waals surface area contributed by atoms with E-state index in [0.29, 0.717) is 12.0 Å². The normalized spacial score (nSPS) is 20.9. The highest BCUT2D eigenvalue weighted by atomic mass is 32.1. The summed E-state index contributed by atoms with van der Waals surface area (Å²) >= 11 is 1.63. The van der Waals surface area contributed by atoms with Gasteiger partial charge in [0, 0.05) is 17.5 Å². The number of aromatic hydroxyl groups is 2. The molecule has 5 nitrogen and oxygen atoms in total. The van der Waals surface area contributed by atoms with E-state index in [0.717, 1.165) is 21.9 Å². The third-order valence-corrected chi connectivity index (χ3v) is 5.68. The molecule has 2 aliphatic rings. The lowest BCUT2D eigenvalue weighted by Crippen LogP contribution is -2.33. The summed E-state index contributed by atoms with van der Waals surface area (Å²) in [5, 5.41) is 28.8. The molecule has 0 saturated heterocycles. The fraction of sp³-hybridized carbons (Fsp3) is 0.150. The van der Waals surface area contributed by atoms with Gasteiger partial charge in [-0.25, -0.2) is 5.01 Å². The molecule has 2 N–H and O–H groups in total. The number of hydrogen-bond donors (Lipinski definition) is 2. The van der Waals surface area contributed by atoms with Gasteiger partial charge >= 0.3 is 0 Å². The number of fused-ring (bicyclic) bond motifs is 3. The Bertz CT molecular complexity index is 1000. The van der Waals surface area contributed by atoms with E-state index in [1.807, 2.05) is 40.7 Å². The second kappa shape index (κ2) is 5.78. The SMILES string of the molecule is Oc1ccc(O)c(C2=NN3[C@@H](C2)c2ccccc2O[C@H]3c2cccs2)c1. The van der Waals surface area contributed by atoms with E-state index in [9.17, 15) is 10.2 Å². The van der Waals surface area contributed by atoms with Gasteiger partial charge in [0.15, 0.2) is 0 Å². The van der Waals surface area contributed by atoms with Crippen molar-refractivity contribution >= 4 is 17.0 Å². The summed E-state index contributed by atoms with van der Waals surface area (Å²) in [5.74, 6) is 1.09. The Morgan fingerprint density at radius 1 is 1.08 bits per heavy atom. The lowest BCUT2D eigenvalue weighted by molar-refractivity contribution is -0.0165. The molecular weight excluding hydrogens is 348 g/mol. The molecule has 1 aromatic heterocycles. The van der Waals surface area contributed by atoms with E-state index in [4.69, 9.17) is 9.84 Å². The van der Waals surface area contributed by atoms with Crippen molar-refractivity contribution in [2.75, 3.05) is 0 Å². The Balaban J connectivity index is 1.62. The second-order valence-electron chi connectivity index (χ2n) is 6.37. The highest BCUT2D eigenvalue weighted by Gasteiger charge is 2.41. The van der Waals surface area contributed by atoms with Gasteiger partial charge in [-0.05, 0) is 35.7 Å². The largest absolute Gasteiger partial charge is 0.508 e. The van der Waals surface area contributed by atoms with Crippen LogP contribution in [0.15, 0.2) is 65.1 Å². The minimum atomic E-state index is -0.299. The minimum Gasteiger partial charge on any atom is -0.508 e. The van der Waals surface area contributed by atoms with Crippen molar-refractivity contribution in [3.05, 3.63) is 76.0 Å². The number of hydrogen-bond acceptors (Lipinski definition) is 6. The summed E-state index contributed by atoms with van der Waals surface area (Å²) in [6.07, 6.45) is 0.339. The molecule has 0 fully saturated rings. The van der Waals surface area contributed by atoms with Crippen LogP contribution in [0.5, 0.6) is 17.2 Å². The number of phenolic OH excluding ortho intramolecular Hbond substituents is 2. The van der Waals surface area contributed by atoms with Crippen molar-refractivity contribution < 1.29 is 14.9 Å². The average molecular weight is 364 g/mol. The first-order chi connectivity index (χ1) is 12.7. The quantitative estimate of drug-likeness (QED) is 0.662. The molecule has 5 rings (SSSR count). The smallest absolute Gasteiger partial charge is 0.222 e. The lowest BCUT2D eigenvalue weighted by Gasteiger charge is -2.37. The number of benzene rings is 2. The second-order valence-corrected chi connectivity index (χ2v) is 7.35. The van der Waals surface area contributed by atoms with Gasteiger partial charge < -0.3 is 14.9 Å². The fourth-order valence-corrected chi connectivity index (χ4v) is 4.32. The van der Waals surface area contributed by atoms with Crippen LogP contribution in [-0.2, 0) is 0 Å². The first-order valence-corrected chi connectivity index (χ1v) is 9.26. The molecule has 130 valence electrons. The molecule has 3 heterocycles. The van der Waals surface area contributed by atoms with Crippen molar-refractivity contribution in [2.45, 2.75) is 18.7 Å². The number of thiophene rings is 1. The van der Waals surface area contributed by atoms with Crippen molar-refractivity contribution in [1.29, 1.82) is 0 Å². The summed E-state index contributed by atoms with van der Waals surface area (Å²) in [6.45, 7) is 0. The summed E-state index contributed by atoms with van der Waals surface area (Å²) in [7, 11) is 0. The van der Waals surface area contributed by atoms with Crippen LogP contribution in [0.3, 0.4) is 0 Å². The molecule has 2 atom stereocenters. The molecule has 0 bridgehead atoms. The first kappa shape index (κ1) is 15.3. The van der Waals surface area contributed by atoms with Crippen LogP contribution in [0.1, 0.15) is 34.7 Å². The number of para-hydroxylation sites is 1. The van der Waals surface area contributed by atoms with Crippen LogP contribution in [-0.4, -0.2) is 20.9 Å². The van der Waals surface area contributed by atoms with Crippen LogP contribution in [0.2, 0.25) is 0 Å². The maximum absolute atomic E-state index is 10.2. The number of phenols is 2. The monoisotopic (exact) mass is 364 g/mol. The molecule has 0 spiro atoms. The van der Waals surface area contributed by atoms with Gasteiger partial charge in [0.1, 0.15) is 17.2 Å². The van der Waals surface area contributed by atoms with E-state index < -0.39 is 0 Å². The maximum atomic E-state index is 10.2. The van der Waals surface area contributed by atoms with Crippen molar-refractivity contribution in [3.63, 3.8) is 0 Å². The zero-order valence-corrected chi connectivity index (χ0v) is 14.6. The Morgan fingerprint density at radius 3 is 2.81 bits per heavy atom. The molecule has 0 saturated carbocycles. The highest BCUT2D eigenvalue weighted by Crippen LogP contribution is 2.48. The van der Waals surface area contributed by atoms with E-state index in [-0.39, 0.29) is 23.8 Å². The maximum Gasteiger partial charge on any atom is 0.222 e. The average Bonchev–Trinajstić information content (AvgIpc) is 3.33. The predicted molar refractivity (Wildman–Crippen MR) is 99.6 cm³/mol. The number of hydrazone groups is 1. The standard InChI is InChI=1S/C20H16N2O3S/c23-12-7-8-17(24)14(10-12)15-11-16-13-4-1-2-5-18(13)25-20(22(16)21-15)19-6-3-9-26-19/h1-10,16,20,23-24H,11H2/t16-,20-/m0/s1. The van der Waals surface area contributed by atoms with Gasteiger partial charge in [-0.3, -0.25) is 0 Å². The molecule has 0 aliphatic carbocycles. The summed E-state index contributed by atoms with van der Waals surface area (Å²) < 4.78 is 6.25. The third kappa shape index (κ3) is 2.34. The molecule has 3 aromatic rings. The van der Waals surface area contributed by atoms with Gasteiger partial charge in [0.05, 0.1) is 16.6 Å². The van der Waals surface area contributed by atoms with Crippen molar-refractivity contribution in [3.8, 4) is 17.2 Å². The van der Waals surface area contributed by atoms with E-state index in [2.05, 4.69) is 6.07 Å². The topological polar surface area (TPSA) is 65.3 Å². The molecule has 0 radical (unpaired) electrons. The molecule has 0 unspecified atom stereocenters. The Kier molecular flexibility index (Phi) is 3.39. The van der Waals surface area contributed by atoms with Gasteiger partial charge in [-0.2, -0.15) is 5.10 Å². The molecular formula is C20H16N2O3S. The molecule has 6 heteroatoms. The lowest BCUT2D eigenvalue weighted by atomic mass is 9.96. The predicted octanol–water partition coefficient (Wildman–Crippen LogP) is 4.40. The first-order valence-electron chi connectivity index (χ1n) is 8.38. The zero-order chi connectivity index (χ0) is 17.7. The molecule has 2 aliphatic heterocycles. The van der Waals surface area contributed by atoms with Gasteiger partial charge in [-0.1, -0.05) is 24.3 Å². The third-order valence-electron chi connectivity index (χ3n) is 4.78. The van der Waals surface area contributed by atoms with Crippen molar-refractivity contribution in [2.24, 2.45) is 5.10 Å². The highest BCUT2D eigenvalue weighted by molar-refractivity contribution is 7.10. The van der Waals surface area contributed by atoms with E-state index in [1.165, 1.54) is 12.1 Å². The Morgan fingerprint density at radius 2 is 1.96 bits per heavy atom. The zero-order valence-electron chi connectivity index (χ0n) is 13.7. The van der Waals surface area contributed by atoms with E-state index >= 15 is 0 Å². The van der Waals surface area contributed by atoms with Crippen LogP contribution < -0.4 is 4.74 Å². The Labute approximate surface area is 154 Å². The fourth-order valence-electron chi connectivity index (χ4n) is 3.57. The number of ether oxygens (including phenoxy) is 1. The Hall–Kier alpha value is -2.99. The molecule has 26 heavy (non-hydrogen) atoms. The van der Waals surface area contributed by atoms with Crippen LogP contribution in [0.25, 0.3) is 0 Å². The van der Waals surface area contributed by atoms with Crippen LogP contribution in [0, 0.1) is 0 Å². The molecule has 0 amide bonds. The number of nitrogens with zero attached hydrogens (tertiary/aromatic N) is 2.